The number of hydrogen-bond donors (Lipinski definition) is 2. The SMILES string of the molecule is CCOc1ccc(OCc2ccc(C(=O)NNC(=O)c3c(CC)noc3C)cc2)cc1. The second-order valence-corrected chi connectivity index (χ2v) is 6.71. The number of aromatic nitrogens is 1. The van der Waals surface area contributed by atoms with Crippen LogP contribution in [0.1, 0.15) is 51.6 Å². The summed E-state index contributed by atoms with van der Waals surface area (Å²) in [5.74, 6) is 1.02. The fraction of sp³-hybridized carbons (Fsp3) is 0.261. The molecule has 0 radical (unpaired) electrons. The van der Waals surface area contributed by atoms with E-state index in [1.165, 1.54) is 0 Å². The third kappa shape index (κ3) is 5.63. The summed E-state index contributed by atoms with van der Waals surface area (Å²) in [7, 11) is 0. The van der Waals surface area contributed by atoms with Gasteiger partial charge in [-0.15, -0.1) is 0 Å². The standard InChI is InChI=1S/C23H25N3O5/c1-4-20-21(15(3)31-26-20)23(28)25-24-22(27)17-8-6-16(7-9-17)14-30-19-12-10-18(11-13-19)29-5-2/h6-13H,4-5,14H2,1-3H3,(H,24,27)(H,25,28). The van der Waals surface area contributed by atoms with Gasteiger partial charge in [-0.2, -0.15) is 0 Å². The molecule has 0 aliphatic rings. The molecule has 3 aromatic rings. The van der Waals surface area contributed by atoms with Crippen LogP contribution in [-0.4, -0.2) is 23.6 Å². The van der Waals surface area contributed by atoms with Crippen LogP contribution in [0.5, 0.6) is 11.5 Å². The van der Waals surface area contributed by atoms with Gasteiger partial charge in [0, 0.05) is 5.56 Å². The zero-order chi connectivity index (χ0) is 22.2. The number of ether oxygens (including phenoxy) is 2. The van der Waals surface area contributed by atoms with Crippen molar-refractivity contribution in [3.05, 3.63) is 76.7 Å². The van der Waals surface area contributed by atoms with E-state index in [0.717, 1.165) is 17.1 Å². The molecule has 0 fully saturated rings. The largest absolute Gasteiger partial charge is 0.494 e. The van der Waals surface area contributed by atoms with Gasteiger partial charge in [-0.05, 0) is 62.2 Å². The number of nitrogens with zero attached hydrogens (tertiary/aromatic N) is 1. The summed E-state index contributed by atoms with van der Waals surface area (Å²) in [5, 5.41) is 3.84. The van der Waals surface area contributed by atoms with Gasteiger partial charge in [-0.1, -0.05) is 24.2 Å². The summed E-state index contributed by atoms with van der Waals surface area (Å²) >= 11 is 0. The molecule has 162 valence electrons. The Morgan fingerprint density at radius 2 is 1.52 bits per heavy atom. The van der Waals surface area contributed by atoms with Crippen LogP contribution in [0.15, 0.2) is 53.1 Å². The predicted molar refractivity (Wildman–Crippen MR) is 114 cm³/mol. The van der Waals surface area contributed by atoms with Gasteiger partial charge >= 0.3 is 0 Å². The van der Waals surface area contributed by atoms with Crippen molar-refractivity contribution in [1.29, 1.82) is 0 Å². The fourth-order valence-electron chi connectivity index (χ4n) is 2.92. The third-order valence-electron chi connectivity index (χ3n) is 4.54. The first kappa shape index (κ1) is 21.9. The van der Waals surface area contributed by atoms with Gasteiger partial charge in [0.15, 0.2) is 0 Å². The van der Waals surface area contributed by atoms with Gasteiger partial charge in [-0.3, -0.25) is 20.4 Å². The van der Waals surface area contributed by atoms with Crippen LogP contribution in [0.3, 0.4) is 0 Å². The topological polar surface area (TPSA) is 103 Å². The van der Waals surface area contributed by atoms with Gasteiger partial charge in [0.05, 0.1) is 12.3 Å². The maximum absolute atomic E-state index is 12.3. The molecule has 0 atom stereocenters. The number of hydrogen-bond acceptors (Lipinski definition) is 6. The Morgan fingerprint density at radius 1 is 0.903 bits per heavy atom. The number of amides is 2. The molecular formula is C23H25N3O5. The first-order valence-electron chi connectivity index (χ1n) is 10.0. The number of carbonyl (C=O) groups is 2. The Labute approximate surface area is 180 Å². The van der Waals surface area contributed by atoms with E-state index in [4.69, 9.17) is 14.0 Å². The van der Waals surface area contributed by atoms with E-state index in [1.54, 1.807) is 31.2 Å². The van der Waals surface area contributed by atoms with E-state index in [-0.39, 0.29) is 0 Å². The second-order valence-electron chi connectivity index (χ2n) is 6.71. The number of nitrogens with one attached hydrogen (secondary N) is 2. The average molecular weight is 423 g/mol. The number of aryl methyl sites for hydroxylation is 2. The lowest BCUT2D eigenvalue weighted by molar-refractivity contribution is 0.0845. The van der Waals surface area contributed by atoms with Crippen molar-refractivity contribution in [3.8, 4) is 11.5 Å². The Balaban J connectivity index is 1.51. The molecule has 3 rings (SSSR count). The van der Waals surface area contributed by atoms with Gasteiger partial charge < -0.3 is 14.0 Å². The lowest BCUT2D eigenvalue weighted by atomic mass is 10.1. The molecule has 0 aliphatic carbocycles. The Bertz CT molecular complexity index is 1030. The highest BCUT2D eigenvalue weighted by Gasteiger charge is 2.19. The molecule has 0 spiro atoms. The van der Waals surface area contributed by atoms with Crippen molar-refractivity contribution in [2.75, 3.05) is 6.61 Å². The van der Waals surface area contributed by atoms with Crippen molar-refractivity contribution < 1.29 is 23.6 Å². The molecule has 0 unspecified atom stereocenters. The molecule has 2 amide bonds. The average Bonchev–Trinajstić information content (AvgIpc) is 3.18. The minimum absolute atomic E-state index is 0.338. The van der Waals surface area contributed by atoms with E-state index in [2.05, 4.69) is 16.0 Å². The predicted octanol–water partition coefficient (Wildman–Crippen LogP) is 3.60. The van der Waals surface area contributed by atoms with Crippen molar-refractivity contribution in [1.82, 2.24) is 16.0 Å². The first-order chi connectivity index (χ1) is 15.0. The molecule has 0 saturated carbocycles. The smallest absolute Gasteiger partial charge is 0.275 e. The molecule has 0 aliphatic heterocycles. The van der Waals surface area contributed by atoms with Crippen LogP contribution in [0, 0.1) is 6.92 Å². The fourth-order valence-corrected chi connectivity index (χ4v) is 2.92. The summed E-state index contributed by atoms with van der Waals surface area (Å²) in [4.78, 5) is 24.6. The van der Waals surface area contributed by atoms with Crippen LogP contribution in [-0.2, 0) is 13.0 Å². The van der Waals surface area contributed by atoms with Crippen LogP contribution < -0.4 is 20.3 Å². The van der Waals surface area contributed by atoms with Crippen LogP contribution >= 0.6 is 0 Å². The minimum atomic E-state index is -0.468. The molecule has 1 heterocycles. The van der Waals surface area contributed by atoms with E-state index >= 15 is 0 Å². The highest BCUT2D eigenvalue weighted by Crippen LogP contribution is 2.19. The van der Waals surface area contributed by atoms with Crippen molar-refractivity contribution in [2.45, 2.75) is 33.8 Å². The molecule has 1 aromatic heterocycles. The maximum atomic E-state index is 12.3. The molecule has 0 bridgehead atoms. The number of hydrazine groups is 1. The van der Waals surface area contributed by atoms with Gasteiger partial charge in [-0.25, -0.2) is 0 Å². The van der Waals surface area contributed by atoms with Crippen LogP contribution in [0.25, 0.3) is 0 Å². The van der Waals surface area contributed by atoms with Crippen LogP contribution in [0.2, 0.25) is 0 Å². The van der Waals surface area contributed by atoms with Gasteiger partial charge in [0.2, 0.25) is 0 Å². The van der Waals surface area contributed by atoms with E-state index in [1.807, 2.05) is 38.1 Å². The zero-order valence-electron chi connectivity index (χ0n) is 17.7. The zero-order valence-corrected chi connectivity index (χ0v) is 17.7. The van der Waals surface area contributed by atoms with Crippen molar-refractivity contribution in [3.63, 3.8) is 0 Å². The normalized spacial score (nSPS) is 10.4. The second kappa shape index (κ2) is 10.3. The summed E-state index contributed by atoms with van der Waals surface area (Å²) < 4.78 is 16.2. The van der Waals surface area contributed by atoms with E-state index in [9.17, 15) is 9.59 Å². The molecule has 2 aromatic carbocycles. The molecule has 2 N–H and O–H groups in total. The highest BCUT2D eigenvalue weighted by molar-refractivity contribution is 6.00. The minimum Gasteiger partial charge on any atom is -0.494 e. The molecule has 0 saturated heterocycles. The van der Waals surface area contributed by atoms with Crippen LogP contribution in [0.4, 0.5) is 0 Å². The summed E-state index contributed by atoms with van der Waals surface area (Å²) in [6.07, 6.45) is 0.550. The quantitative estimate of drug-likeness (QED) is 0.537. The van der Waals surface area contributed by atoms with Crippen molar-refractivity contribution >= 4 is 11.8 Å². The monoisotopic (exact) mass is 423 g/mol. The summed E-state index contributed by atoms with van der Waals surface area (Å²) in [6, 6.07) is 14.3. The lowest BCUT2D eigenvalue weighted by Crippen LogP contribution is -2.42. The summed E-state index contributed by atoms with van der Waals surface area (Å²) in [5.41, 5.74) is 7.00. The highest BCUT2D eigenvalue weighted by atomic mass is 16.5. The van der Waals surface area contributed by atoms with Crippen molar-refractivity contribution in [2.24, 2.45) is 0 Å². The Kier molecular flexibility index (Phi) is 7.26. The molecule has 8 nitrogen and oxygen atoms in total. The number of rotatable bonds is 8. The molecule has 31 heavy (non-hydrogen) atoms. The molecule has 8 heteroatoms. The van der Waals surface area contributed by atoms with Gasteiger partial charge in [0.1, 0.15) is 29.4 Å². The maximum Gasteiger partial charge on any atom is 0.275 e. The van der Waals surface area contributed by atoms with Gasteiger partial charge in [0.25, 0.3) is 11.8 Å². The first-order valence-corrected chi connectivity index (χ1v) is 10.0. The van der Waals surface area contributed by atoms with E-state index < -0.39 is 11.8 Å². The molecular weight excluding hydrogens is 398 g/mol. The van der Waals surface area contributed by atoms with E-state index in [0.29, 0.717) is 42.2 Å². The lowest BCUT2D eigenvalue weighted by Gasteiger charge is -2.09. The Morgan fingerprint density at radius 3 is 2.13 bits per heavy atom. The number of benzene rings is 2. The third-order valence-corrected chi connectivity index (χ3v) is 4.54. The number of carbonyl (C=O) groups excluding carboxylic acids is 2. The summed E-state index contributed by atoms with van der Waals surface area (Å²) in [6.45, 7) is 6.43. The Hall–Kier alpha value is -3.81.